The van der Waals surface area contributed by atoms with Gasteiger partial charge in [0.1, 0.15) is 0 Å². The molecule has 0 radical (unpaired) electrons. The van der Waals surface area contributed by atoms with E-state index in [4.69, 9.17) is 0 Å². The van der Waals surface area contributed by atoms with E-state index in [2.05, 4.69) is 0 Å². The number of benzene rings is 1. The quantitative estimate of drug-likeness (QED) is 0.562. The monoisotopic (exact) mass is 208 g/mol. The largest absolute Gasteiger partial charge is 0.296 e. The molecule has 0 bridgehead atoms. The van der Waals surface area contributed by atoms with Crippen molar-refractivity contribution in [1.82, 2.24) is 0 Å². The summed E-state index contributed by atoms with van der Waals surface area (Å²) in [5, 5.41) is 0. The van der Waals surface area contributed by atoms with E-state index in [1.54, 1.807) is 32.0 Å². The summed E-state index contributed by atoms with van der Waals surface area (Å²) in [6.07, 6.45) is -1.98. The first-order chi connectivity index (χ1) is 7.07. The van der Waals surface area contributed by atoms with E-state index in [1.165, 1.54) is 6.07 Å². The standard InChI is InChI=1S/C12H13FO2/c1-3-10(14)11(13)12(15)9-7-5-4-6-8(9)2/h4-7,11H,3H2,1-2H3. The Morgan fingerprint density at radius 2 is 1.93 bits per heavy atom. The molecule has 0 saturated heterocycles. The lowest BCUT2D eigenvalue weighted by Crippen LogP contribution is -2.25. The molecule has 2 nitrogen and oxygen atoms in total. The van der Waals surface area contributed by atoms with Crippen LogP contribution in [-0.4, -0.2) is 17.7 Å². The van der Waals surface area contributed by atoms with Gasteiger partial charge in [-0.25, -0.2) is 4.39 Å². The number of rotatable bonds is 4. The smallest absolute Gasteiger partial charge is 0.220 e. The Kier molecular flexibility index (Phi) is 3.72. The number of aryl methyl sites for hydroxylation is 1. The maximum absolute atomic E-state index is 13.4. The summed E-state index contributed by atoms with van der Waals surface area (Å²) in [4.78, 5) is 22.6. The minimum absolute atomic E-state index is 0.0405. The van der Waals surface area contributed by atoms with E-state index in [0.717, 1.165) is 0 Å². The van der Waals surface area contributed by atoms with E-state index < -0.39 is 17.7 Å². The minimum atomic E-state index is -2.02. The van der Waals surface area contributed by atoms with Crippen LogP contribution in [0.15, 0.2) is 24.3 Å². The molecule has 1 aromatic rings. The molecule has 1 aromatic carbocycles. The number of halogens is 1. The second-order valence-corrected chi connectivity index (χ2v) is 3.36. The van der Waals surface area contributed by atoms with Gasteiger partial charge < -0.3 is 0 Å². The van der Waals surface area contributed by atoms with Crippen molar-refractivity contribution in [2.75, 3.05) is 0 Å². The highest BCUT2D eigenvalue weighted by Gasteiger charge is 2.26. The second kappa shape index (κ2) is 4.82. The van der Waals surface area contributed by atoms with Crippen LogP contribution in [0.2, 0.25) is 0 Å². The Bertz CT molecular complexity index is 385. The maximum atomic E-state index is 13.4. The number of Topliss-reactive ketones (excluding diaryl/α,β-unsaturated/α-hetero) is 2. The summed E-state index contributed by atoms with van der Waals surface area (Å²) in [5.41, 5.74) is 0.973. The van der Waals surface area contributed by atoms with Crippen molar-refractivity contribution in [1.29, 1.82) is 0 Å². The lowest BCUT2D eigenvalue weighted by atomic mass is 9.99. The van der Waals surface area contributed by atoms with Gasteiger partial charge in [0.05, 0.1) is 0 Å². The molecule has 1 unspecified atom stereocenters. The average molecular weight is 208 g/mol. The number of ketones is 2. The molecule has 1 rings (SSSR count). The zero-order valence-corrected chi connectivity index (χ0v) is 8.79. The molecule has 0 aliphatic carbocycles. The third-order valence-electron chi connectivity index (χ3n) is 2.27. The third-order valence-corrected chi connectivity index (χ3v) is 2.27. The number of carbonyl (C=O) groups is 2. The van der Waals surface area contributed by atoms with Crippen LogP contribution in [-0.2, 0) is 4.79 Å². The molecule has 0 saturated carbocycles. The van der Waals surface area contributed by atoms with Gasteiger partial charge in [-0.1, -0.05) is 31.2 Å². The summed E-state index contributed by atoms with van der Waals surface area (Å²) >= 11 is 0. The van der Waals surface area contributed by atoms with Gasteiger partial charge in [0.2, 0.25) is 12.0 Å². The highest BCUT2D eigenvalue weighted by atomic mass is 19.1. The predicted octanol–water partition coefficient (Wildman–Crippen LogP) is 2.49. The Labute approximate surface area is 88.1 Å². The van der Waals surface area contributed by atoms with Gasteiger partial charge in [-0.3, -0.25) is 9.59 Å². The van der Waals surface area contributed by atoms with Crippen LogP contribution in [0, 0.1) is 6.92 Å². The Balaban J connectivity index is 2.95. The van der Waals surface area contributed by atoms with Crippen LogP contribution in [0.4, 0.5) is 4.39 Å². The molecule has 0 fully saturated rings. The molecule has 80 valence electrons. The fourth-order valence-electron chi connectivity index (χ4n) is 1.31. The van der Waals surface area contributed by atoms with Gasteiger partial charge in [-0.15, -0.1) is 0 Å². The molecule has 0 amide bonds. The van der Waals surface area contributed by atoms with Crippen LogP contribution >= 0.6 is 0 Å². The van der Waals surface area contributed by atoms with E-state index in [1.807, 2.05) is 0 Å². The van der Waals surface area contributed by atoms with Crippen molar-refractivity contribution >= 4 is 11.6 Å². The molecular formula is C12H13FO2. The normalized spacial score (nSPS) is 12.2. The molecule has 0 heterocycles. The average Bonchev–Trinajstić information content (AvgIpc) is 2.26. The van der Waals surface area contributed by atoms with Crippen LogP contribution in [0.5, 0.6) is 0 Å². The Morgan fingerprint density at radius 1 is 1.33 bits per heavy atom. The van der Waals surface area contributed by atoms with Crippen molar-refractivity contribution in [3.63, 3.8) is 0 Å². The predicted molar refractivity (Wildman–Crippen MR) is 55.7 cm³/mol. The lowest BCUT2D eigenvalue weighted by Gasteiger charge is -2.07. The Morgan fingerprint density at radius 3 is 2.47 bits per heavy atom. The fourth-order valence-corrected chi connectivity index (χ4v) is 1.31. The van der Waals surface area contributed by atoms with Gasteiger partial charge in [0.25, 0.3) is 0 Å². The second-order valence-electron chi connectivity index (χ2n) is 3.36. The zero-order chi connectivity index (χ0) is 11.4. The minimum Gasteiger partial charge on any atom is -0.296 e. The van der Waals surface area contributed by atoms with Gasteiger partial charge in [-0.2, -0.15) is 0 Å². The first-order valence-electron chi connectivity index (χ1n) is 4.84. The van der Waals surface area contributed by atoms with Crippen LogP contribution in [0.3, 0.4) is 0 Å². The fraction of sp³-hybridized carbons (Fsp3) is 0.333. The van der Waals surface area contributed by atoms with Crippen LogP contribution < -0.4 is 0 Å². The maximum Gasteiger partial charge on any atom is 0.220 e. The van der Waals surface area contributed by atoms with Gasteiger partial charge >= 0.3 is 0 Å². The SMILES string of the molecule is CCC(=O)C(F)C(=O)c1ccccc1C. The molecule has 0 aliphatic rings. The zero-order valence-electron chi connectivity index (χ0n) is 8.79. The van der Waals surface area contributed by atoms with Gasteiger partial charge in [0, 0.05) is 12.0 Å². The summed E-state index contributed by atoms with van der Waals surface area (Å²) in [6.45, 7) is 3.26. The molecule has 15 heavy (non-hydrogen) atoms. The van der Waals surface area contributed by atoms with Crippen LogP contribution in [0.1, 0.15) is 29.3 Å². The van der Waals surface area contributed by atoms with E-state index in [9.17, 15) is 14.0 Å². The molecule has 1 atom stereocenters. The van der Waals surface area contributed by atoms with Crippen molar-refractivity contribution < 1.29 is 14.0 Å². The van der Waals surface area contributed by atoms with Crippen molar-refractivity contribution in [2.24, 2.45) is 0 Å². The molecular weight excluding hydrogens is 195 g/mol. The van der Waals surface area contributed by atoms with Crippen molar-refractivity contribution in [3.05, 3.63) is 35.4 Å². The van der Waals surface area contributed by atoms with E-state index in [0.29, 0.717) is 5.56 Å². The summed E-state index contributed by atoms with van der Waals surface area (Å²) in [6, 6.07) is 6.67. The molecule has 0 aliphatic heterocycles. The third kappa shape index (κ3) is 2.49. The summed E-state index contributed by atoms with van der Waals surface area (Å²) in [5.74, 6) is -1.40. The molecule has 3 heteroatoms. The van der Waals surface area contributed by atoms with Gasteiger partial charge in [0.15, 0.2) is 5.78 Å². The molecule has 0 spiro atoms. The highest BCUT2D eigenvalue weighted by Crippen LogP contribution is 2.13. The summed E-state index contributed by atoms with van der Waals surface area (Å²) in [7, 11) is 0. The topological polar surface area (TPSA) is 34.1 Å². The van der Waals surface area contributed by atoms with Crippen molar-refractivity contribution in [3.8, 4) is 0 Å². The molecule has 0 aromatic heterocycles. The number of alkyl halides is 1. The van der Waals surface area contributed by atoms with Crippen LogP contribution in [0.25, 0.3) is 0 Å². The van der Waals surface area contributed by atoms with Gasteiger partial charge in [-0.05, 0) is 12.5 Å². The first-order valence-corrected chi connectivity index (χ1v) is 4.84. The van der Waals surface area contributed by atoms with E-state index >= 15 is 0 Å². The number of hydrogen-bond acceptors (Lipinski definition) is 2. The number of hydrogen-bond donors (Lipinski definition) is 0. The number of carbonyl (C=O) groups excluding carboxylic acids is 2. The Hall–Kier alpha value is -1.51. The summed E-state index contributed by atoms with van der Waals surface area (Å²) < 4.78 is 13.4. The molecule has 0 N–H and O–H groups in total. The highest BCUT2D eigenvalue weighted by molar-refractivity contribution is 6.13. The lowest BCUT2D eigenvalue weighted by molar-refractivity contribution is -0.121. The van der Waals surface area contributed by atoms with Crippen molar-refractivity contribution in [2.45, 2.75) is 26.4 Å². The first kappa shape index (κ1) is 11.6. The van der Waals surface area contributed by atoms with E-state index in [-0.39, 0.29) is 12.0 Å².